The molecule has 0 aliphatic carbocycles. The third-order valence-electron chi connectivity index (χ3n) is 4.99. The zero-order chi connectivity index (χ0) is 20.5. The molecule has 5 aromatic rings. The number of nitrogens with one attached hydrogen (secondary N) is 2. The number of nitrogens with zero attached hydrogens (tertiary/aromatic N) is 4. The molecule has 0 unspecified atom stereocenters. The predicted molar refractivity (Wildman–Crippen MR) is 112 cm³/mol. The average Bonchev–Trinajstić information content (AvgIpc) is 3.42. The molecule has 2 N–H and O–H groups in total. The number of benzene rings is 2. The van der Waals surface area contributed by atoms with Crippen LogP contribution in [0.5, 0.6) is 0 Å². The molecule has 0 fully saturated rings. The van der Waals surface area contributed by atoms with E-state index in [2.05, 4.69) is 20.4 Å². The van der Waals surface area contributed by atoms with E-state index >= 15 is 0 Å². The Labute approximate surface area is 170 Å². The lowest BCUT2D eigenvalue weighted by molar-refractivity contribution is 0.0952. The molecule has 5 rings (SSSR count). The van der Waals surface area contributed by atoms with Gasteiger partial charge in [-0.3, -0.25) is 9.59 Å². The monoisotopic (exact) mass is 398 g/mol. The Balaban J connectivity index is 1.37. The maximum absolute atomic E-state index is 12.8. The van der Waals surface area contributed by atoms with Gasteiger partial charge in [0, 0.05) is 25.5 Å². The summed E-state index contributed by atoms with van der Waals surface area (Å²) < 4.78 is 3.56. The van der Waals surface area contributed by atoms with E-state index in [-0.39, 0.29) is 11.5 Å². The van der Waals surface area contributed by atoms with Gasteiger partial charge >= 0.3 is 0 Å². The van der Waals surface area contributed by atoms with Gasteiger partial charge in [-0.15, -0.1) is 0 Å². The Kier molecular flexibility index (Phi) is 4.36. The molecule has 3 aromatic heterocycles. The lowest BCUT2D eigenvalue weighted by atomic mass is 10.1. The Bertz CT molecular complexity index is 1410. The summed E-state index contributed by atoms with van der Waals surface area (Å²) >= 11 is 0. The van der Waals surface area contributed by atoms with E-state index in [1.54, 1.807) is 35.2 Å². The zero-order valence-corrected chi connectivity index (χ0v) is 15.9. The van der Waals surface area contributed by atoms with Crippen molar-refractivity contribution < 1.29 is 4.79 Å². The molecule has 0 atom stereocenters. The highest BCUT2D eigenvalue weighted by Crippen LogP contribution is 2.14. The molecule has 148 valence electrons. The highest BCUT2D eigenvalue weighted by molar-refractivity contribution is 6.00. The molecule has 30 heavy (non-hydrogen) atoms. The normalized spacial score (nSPS) is 11.2. The largest absolute Gasteiger partial charge is 0.348 e. The summed E-state index contributed by atoms with van der Waals surface area (Å²) in [5.74, 6) is -0.295. The van der Waals surface area contributed by atoms with Gasteiger partial charge in [-0.05, 0) is 23.3 Å². The Morgan fingerprint density at radius 1 is 1.10 bits per heavy atom. The molecule has 2 aromatic carbocycles. The molecular formula is C22H18N6O2. The zero-order valence-electron chi connectivity index (χ0n) is 15.9. The maximum atomic E-state index is 12.8. The fourth-order valence-corrected chi connectivity index (χ4v) is 3.55. The van der Waals surface area contributed by atoms with Gasteiger partial charge in [0.15, 0.2) is 0 Å². The SMILES string of the molecule is O=C(NCc1cccc(Cn2ccnc2)c1)c1cnn2c1[nH]c(=O)c1ccccc12. The number of para-hydroxylation sites is 1. The van der Waals surface area contributed by atoms with Crippen LogP contribution in [0.2, 0.25) is 0 Å². The molecule has 8 nitrogen and oxygen atoms in total. The second kappa shape index (κ2) is 7.32. The lowest BCUT2D eigenvalue weighted by Gasteiger charge is -2.08. The molecule has 1 amide bonds. The van der Waals surface area contributed by atoms with Crippen LogP contribution in [-0.4, -0.2) is 30.1 Å². The van der Waals surface area contributed by atoms with Gasteiger partial charge in [-0.1, -0.05) is 36.4 Å². The van der Waals surface area contributed by atoms with E-state index in [1.165, 1.54) is 6.20 Å². The van der Waals surface area contributed by atoms with Crippen molar-refractivity contribution in [2.24, 2.45) is 0 Å². The highest BCUT2D eigenvalue weighted by Gasteiger charge is 2.16. The van der Waals surface area contributed by atoms with E-state index < -0.39 is 0 Å². The first-order valence-corrected chi connectivity index (χ1v) is 9.49. The Morgan fingerprint density at radius 2 is 1.97 bits per heavy atom. The molecular weight excluding hydrogens is 380 g/mol. The fourth-order valence-electron chi connectivity index (χ4n) is 3.55. The molecule has 0 spiro atoms. The van der Waals surface area contributed by atoms with Gasteiger partial charge in [0.25, 0.3) is 11.5 Å². The maximum Gasteiger partial charge on any atom is 0.259 e. The van der Waals surface area contributed by atoms with E-state index in [0.717, 1.165) is 11.1 Å². The summed E-state index contributed by atoms with van der Waals surface area (Å²) in [7, 11) is 0. The molecule has 3 heterocycles. The molecule has 0 bridgehead atoms. The van der Waals surface area contributed by atoms with Crippen LogP contribution in [-0.2, 0) is 13.1 Å². The van der Waals surface area contributed by atoms with Gasteiger partial charge in [0.05, 0.1) is 23.4 Å². The number of rotatable bonds is 5. The van der Waals surface area contributed by atoms with Crippen molar-refractivity contribution in [1.82, 2.24) is 29.5 Å². The van der Waals surface area contributed by atoms with Gasteiger partial charge in [0.1, 0.15) is 11.2 Å². The average molecular weight is 398 g/mol. The van der Waals surface area contributed by atoms with Crippen molar-refractivity contribution in [2.75, 3.05) is 0 Å². The molecule has 0 aliphatic rings. The second-order valence-corrected chi connectivity index (χ2v) is 7.03. The topological polar surface area (TPSA) is 97.1 Å². The molecule has 0 saturated carbocycles. The van der Waals surface area contributed by atoms with E-state index in [4.69, 9.17) is 0 Å². The third-order valence-corrected chi connectivity index (χ3v) is 4.99. The Morgan fingerprint density at radius 3 is 2.83 bits per heavy atom. The van der Waals surface area contributed by atoms with Crippen molar-refractivity contribution >= 4 is 22.5 Å². The minimum Gasteiger partial charge on any atom is -0.348 e. The van der Waals surface area contributed by atoms with Gasteiger partial charge in [-0.2, -0.15) is 5.10 Å². The molecule has 0 saturated heterocycles. The number of H-pyrrole nitrogens is 1. The summed E-state index contributed by atoms with van der Waals surface area (Å²) in [6.45, 7) is 1.08. The minimum atomic E-state index is -0.295. The van der Waals surface area contributed by atoms with Gasteiger partial charge in [0.2, 0.25) is 0 Å². The molecule has 0 aliphatic heterocycles. The third kappa shape index (κ3) is 3.24. The van der Waals surface area contributed by atoms with Crippen molar-refractivity contribution in [1.29, 1.82) is 0 Å². The second-order valence-electron chi connectivity index (χ2n) is 7.03. The van der Waals surface area contributed by atoms with E-state index in [0.29, 0.717) is 35.2 Å². The number of aromatic amines is 1. The number of hydrogen-bond donors (Lipinski definition) is 2. The van der Waals surface area contributed by atoms with Crippen LogP contribution in [0.3, 0.4) is 0 Å². The standard InChI is InChI=1S/C22H18N6O2/c29-21(24-11-15-4-3-5-16(10-15)13-27-9-8-23-14-27)18-12-25-28-19-7-2-1-6-17(19)22(30)26-20(18)28/h1-10,12,14H,11,13H2,(H,24,29)(H,26,30). The van der Waals surface area contributed by atoms with Crippen LogP contribution in [0.4, 0.5) is 0 Å². The van der Waals surface area contributed by atoms with Crippen LogP contribution in [0, 0.1) is 0 Å². The minimum absolute atomic E-state index is 0.250. The first-order chi connectivity index (χ1) is 14.7. The molecule has 0 radical (unpaired) electrons. The summed E-state index contributed by atoms with van der Waals surface area (Å²) in [6.07, 6.45) is 6.89. The van der Waals surface area contributed by atoms with Gasteiger partial charge in [-0.25, -0.2) is 9.50 Å². The highest BCUT2D eigenvalue weighted by atomic mass is 16.2. The molecule has 8 heteroatoms. The van der Waals surface area contributed by atoms with Crippen molar-refractivity contribution in [3.63, 3.8) is 0 Å². The van der Waals surface area contributed by atoms with Crippen LogP contribution in [0.1, 0.15) is 21.5 Å². The smallest absolute Gasteiger partial charge is 0.259 e. The first-order valence-electron chi connectivity index (χ1n) is 9.49. The number of carbonyl (C=O) groups is 1. The number of aromatic nitrogens is 5. The lowest BCUT2D eigenvalue weighted by Crippen LogP contribution is -2.23. The number of carbonyl (C=O) groups excluding carboxylic acids is 1. The number of amides is 1. The van der Waals surface area contributed by atoms with Crippen molar-refractivity contribution in [3.8, 4) is 0 Å². The summed E-state index contributed by atoms with van der Waals surface area (Å²) in [6, 6.07) is 15.2. The Hall–Kier alpha value is -4.20. The first kappa shape index (κ1) is 17.9. The summed E-state index contributed by atoms with van der Waals surface area (Å²) in [5.41, 5.74) is 3.21. The summed E-state index contributed by atoms with van der Waals surface area (Å²) in [4.78, 5) is 32.0. The number of hydrogen-bond acceptors (Lipinski definition) is 4. The summed E-state index contributed by atoms with van der Waals surface area (Å²) in [5, 5.41) is 7.73. The fraction of sp³-hybridized carbons (Fsp3) is 0.0909. The van der Waals surface area contributed by atoms with Crippen molar-refractivity contribution in [2.45, 2.75) is 13.1 Å². The van der Waals surface area contributed by atoms with Crippen LogP contribution in [0.15, 0.2) is 78.2 Å². The number of imidazole rings is 1. The van der Waals surface area contributed by atoms with E-state index in [9.17, 15) is 9.59 Å². The predicted octanol–water partition coefficient (Wildman–Crippen LogP) is 2.35. The van der Waals surface area contributed by atoms with Crippen LogP contribution in [0.25, 0.3) is 16.6 Å². The van der Waals surface area contributed by atoms with Crippen LogP contribution < -0.4 is 10.9 Å². The van der Waals surface area contributed by atoms with Gasteiger partial charge < -0.3 is 14.9 Å². The van der Waals surface area contributed by atoms with Crippen LogP contribution >= 0.6 is 0 Å². The number of fused-ring (bicyclic) bond motifs is 3. The van der Waals surface area contributed by atoms with Crippen molar-refractivity contribution in [3.05, 3.63) is 100 Å². The van der Waals surface area contributed by atoms with E-state index in [1.807, 2.05) is 41.1 Å². The quantitative estimate of drug-likeness (QED) is 0.475.